The van der Waals surface area contributed by atoms with Gasteiger partial charge in [0.2, 0.25) is 0 Å². The van der Waals surface area contributed by atoms with Crippen LogP contribution in [-0.4, -0.2) is 0 Å². The standard InChI is InChI=1S/C7H11.CH3.U/c1-7-5-3-2-4-6-7;;/h5-6H,2-4H2,1H3;1H3;/q2*-1;+2. The van der Waals surface area contributed by atoms with E-state index in [2.05, 4.69) is 19.4 Å². The molecular formula is C8H14U. The third-order valence-corrected chi connectivity index (χ3v) is 1.34. The average molecular weight is 348 g/mol. The van der Waals surface area contributed by atoms with Gasteiger partial charge in [-0.2, -0.15) is 0 Å². The Labute approximate surface area is 82.5 Å². The molecule has 1 heteroatoms. The van der Waals surface area contributed by atoms with Gasteiger partial charge in [0, 0.05) is 0 Å². The van der Waals surface area contributed by atoms with Gasteiger partial charge < -0.3 is 7.43 Å². The van der Waals surface area contributed by atoms with E-state index >= 15 is 0 Å². The van der Waals surface area contributed by atoms with Gasteiger partial charge in [-0.15, -0.1) is 12.8 Å². The molecule has 0 saturated heterocycles. The predicted octanol–water partition coefficient (Wildman–Crippen LogP) is 2.77. The molecule has 0 amide bonds. The van der Waals surface area contributed by atoms with E-state index in [4.69, 9.17) is 0 Å². The minimum absolute atomic E-state index is 0. The molecular weight excluding hydrogens is 334 g/mol. The molecule has 0 fully saturated rings. The molecule has 0 aliphatic heterocycles. The predicted molar refractivity (Wildman–Crippen MR) is 38.3 cm³/mol. The Kier molecular flexibility index (Phi) is 9.30. The molecule has 0 N–H and O–H groups in total. The molecule has 0 bridgehead atoms. The Bertz CT molecular complexity index is 84.6. The molecule has 0 atom stereocenters. The van der Waals surface area contributed by atoms with Gasteiger partial charge in [0.25, 0.3) is 0 Å². The fraction of sp³-hybridized carbons (Fsp3) is 0.500. The van der Waals surface area contributed by atoms with Crippen molar-refractivity contribution in [3.63, 3.8) is 0 Å². The van der Waals surface area contributed by atoms with Gasteiger partial charge in [0.15, 0.2) is 0 Å². The summed E-state index contributed by atoms with van der Waals surface area (Å²) >= 11 is 0. The van der Waals surface area contributed by atoms with Crippen molar-refractivity contribution in [3.8, 4) is 0 Å². The van der Waals surface area contributed by atoms with Crippen LogP contribution in [0.25, 0.3) is 0 Å². The summed E-state index contributed by atoms with van der Waals surface area (Å²) in [5.74, 6) is 0. The second-order valence-electron chi connectivity index (χ2n) is 2.08. The van der Waals surface area contributed by atoms with Crippen molar-refractivity contribution in [3.05, 3.63) is 25.5 Å². The summed E-state index contributed by atoms with van der Waals surface area (Å²) in [6.45, 7) is 2.17. The van der Waals surface area contributed by atoms with E-state index in [9.17, 15) is 0 Å². The third kappa shape index (κ3) is 5.12. The largest absolute Gasteiger partial charge is 2.00 e. The van der Waals surface area contributed by atoms with Crippen molar-refractivity contribution < 1.29 is 31.1 Å². The van der Waals surface area contributed by atoms with Crippen LogP contribution in [0.5, 0.6) is 0 Å². The molecule has 1 rings (SSSR count). The Morgan fingerprint density at radius 1 is 1.56 bits per heavy atom. The number of hydrogen-bond acceptors (Lipinski definition) is 0. The van der Waals surface area contributed by atoms with Crippen LogP contribution in [0, 0.1) is 45.0 Å². The van der Waals surface area contributed by atoms with Gasteiger partial charge in [-0.25, -0.2) is 18.1 Å². The van der Waals surface area contributed by atoms with E-state index in [1.807, 2.05) is 0 Å². The summed E-state index contributed by atoms with van der Waals surface area (Å²) in [6, 6.07) is 0. The second-order valence-corrected chi connectivity index (χ2v) is 2.08. The van der Waals surface area contributed by atoms with Crippen molar-refractivity contribution in [2.24, 2.45) is 0 Å². The molecule has 1 aliphatic rings. The maximum absolute atomic E-state index is 2.30. The maximum atomic E-state index is 2.30. The van der Waals surface area contributed by atoms with E-state index in [1.54, 1.807) is 0 Å². The van der Waals surface area contributed by atoms with Gasteiger partial charge in [-0.05, 0) is 0 Å². The summed E-state index contributed by atoms with van der Waals surface area (Å²) < 4.78 is 0. The van der Waals surface area contributed by atoms with Crippen LogP contribution in [0.3, 0.4) is 0 Å². The quantitative estimate of drug-likeness (QED) is 0.591. The van der Waals surface area contributed by atoms with Crippen LogP contribution in [0.4, 0.5) is 0 Å². The second kappa shape index (κ2) is 6.78. The number of rotatable bonds is 0. The number of hydrogen-bond donors (Lipinski definition) is 0. The SMILES string of the molecule is CC1=CCCC[CH-]1.[CH3-].[U+2]. The zero-order valence-electron chi connectivity index (χ0n) is 6.28. The summed E-state index contributed by atoms with van der Waals surface area (Å²) in [5, 5.41) is 0. The Morgan fingerprint density at radius 3 is 2.44 bits per heavy atom. The van der Waals surface area contributed by atoms with Gasteiger partial charge in [-0.1, -0.05) is 13.3 Å². The normalized spacial score (nSPS) is 15.9. The first-order valence-corrected chi connectivity index (χ1v) is 2.89. The molecule has 0 radical (unpaired) electrons. The smallest absolute Gasteiger partial charge is 0.358 e. The molecule has 0 aromatic rings. The summed E-state index contributed by atoms with van der Waals surface area (Å²) in [5.41, 5.74) is 1.46. The number of allylic oxidation sites excluding steroid dienone is 2. The van der Waals surface area contributed by atoms with Crippen LogP contribution >= 0.6 is 0 Å². The monoisotopic (exact) mass is 348 g/mol. The molecule has 0 unspecified atom stereocenters. The molecule has 50 valence electrons. The molecule has 1 aliphatic carbocycles. The van der Waals surface area contributed by atoms with Crippen molar-refractivity contribution in [1.82, 2.24) is 0 Å². The van der Waals surface area contributed by atoms with Crippen molar-refractivity contribution in [2.75, 3.05) is 0 Å². The molecule has 0 nitrogen and oxygen atoms in total. The van der Waals surface area contributed by atoms with Crippen LogP contribution < -0.4 is 0 Å². The average Bonchev–Trinajstić information content (AvgIpc) is 1.69. The van der Waals surface area contributed by atoms with Crippen molar-refractivity contribution >= 4 is 0 Å². The van der Waals surface area contributed by atoms with E-state index in [1.165, 1.54) is 24.8 Å². The van der Waals surface area contributed by atoms with Crippen LogP contribution in [0.15, 0.2) is 11.6 Å². The first-order valence-electron chi connectivity index (χ1n) is 2.89. The van der Waals surface area contributed by atoms with Gasteiger partial charge in [-0.3, -0.25) is 0 Å². The molecule has 9 heavy (non-hydrogen) atoms. The van der Waals surface area contributed by atoms with Gasteiger partial charge in [0.05, 0.1) is 0 Å². The van der Waals surface area contributed by atoms with Gasteiger partial charge >= 0.3 is 31.1 Å². The topological polar surface area (TPSA) is 0 Å². The van der Waals surface area contributed by atoms with Crippen LogP contribution in [0.2, 0.25) is 0 Å². The fourth-order valence-electron chi connectivity index (χ4n) is 0.861. The summed E-state index contributed by atoms with van der Waals surface area (Å²) in [4.78, 5) is 0. The van der Waals surface area contributed by atoms with E-state index in [-0.39, 0.29) is 38.5 Å². The minimum Gasteiger partial charge on any atom is -0.358 e. The van der Waals surface area contributed by atoms with Gasteiger partial charge in [0.1, 0.15) is 0 Å². The Balaban J connectivity index is 0. The molecule has 0 spiro atoms. The molecule has 0 aromatic carbocycles. The van der Waals surface area contributed by atoms with Crippen molar-refractivity contribution in [1.29, 1.82) is 0 Å². The summed E-state index contributed by atoms with van der Waals surface area (Å²) in [6.07, 6.45) is 8.54. The van der Waals surface area contributed by atoms with Crippen LogP contribution in [-0.2, 0) is 0 Å². The fourth-order valence-corrected chi connectivity index (χ4v) is 0.861. The zero-order chi connectivity index (χ0) is 5.11. The molecule has 0 saturated carbocycles. The Morgan fingerprint density at radius 2 is 2.22 bits per heavy atom. The molecule has 0 heterocycles. The summed E-state index contributed by atoms with van der Waals surface area (Å²) in [7, 11) is 0. The maximum Gasteiger partial charge on any atom is 2.00 e. The van der Waals surface area contributed by atoms with Crippen molar-refractivity contribution in [2.45, 2.75) is 26.2 Å². The van der Waals surface area contributed by atoms with E-state index in [0.29, 0.717) is 0 Å². The third-order valence-electron chi connectivity index (χ3n) is 1.34. The van der Waals surface area contributed by atoms with E-state index in [0.717, 1.165) is 0 Å². The Hall–Kier alpha value is 0.662. The first kappa shape index (κ1) is 12.3. The van der Waals surface area contributed by atoms with Crippen LogP contribution in [0.1, 0.15) is 26.2 Å². The zero-order valence-corrected chi connectivity index (χ0v) is 10.4. The first-order chi connectivity index (χ1) is 3.39. The minimum atomic E-state index is 0. The van der Waals surface area contributed by atoms with E-state index < -0.39 is 0 Å². The molecule has 0 aromatic heterocycles.